The van der Waals surface area contributed by atoms with Gasteiger partial charge in [-0.1, -0.05) is 42.5 Å². The second-order valence-corrected chi connectivity index (χ2v) is 6.72. The van der Waals surface area contributed by atoms with Crippen LogP contribution in [0.5, 0.6) is 5.75 Å². The zero-order valence-corrected chi connectivity index (χ0v) is 16.3. The molecule has 1 amide bonds. The molecule has 1 heterocycles. The van der Waals surface area contributed by atoms with Crippen LogP contribution in [0.4, 0.5) is 11.5 Å². The van der Waals surface area contributed by atoms with Gasteiger partial charge in [-0.15, -0.1) is 0 Å². The maximum Gasteiger partial charge on any atom is 0.272 e. The molecule has 0 aliphatic rings. The van der Waals surface area contributed by atoms with E-state index in [-0.39, 0.29) is 12.0 Å². The molecule has 0 spiro atoms. The lowest BCUT2D eigenvalue weighted by atomic mass is 10.2. The number of carbonyl (C=O) groups excluding carboxylic acids is 1. The van der Waals surface area contributed by atoms with Crippen LogP contribution in [0.3, 0.4) is 0 Å². The van der Waals surface area contributed by atoms with E-state index in [1.807, 2.05) is 68.4 Å². The Kier molecular flexibility index (Phi) is 6.22. The van der Waals surface area contributed by atoms with Crippen molar-refractivity contribution in [1.29, 1.82) is 0 Å². The molecular weight excluding hydrogens is 352 g/mol. The molecule has 0 unspecified atom stereocenters. The fourth-order valence-electron chi connectivity index (χ4n) is 2.73. The van der Waals surface area contributed by atoms with E-state index in [1.165, 1.54) is 6.33 Å². The van der Waals surface area contributed by atoms with Crippen molar-refractivity contribution in [3.8, 4) is 5.75 Å². The number of amides is 1. The highest BCUT2D eigenvalue weighted by molar-refractivity contribution is 5.92. The first-order valence-corrected chi connectivity index (χ1v) is 9.17. The molecule has 1 N–H and O–H groups in total. The molecule has 0 saturated heterocycles. The van der Waals surface area contributed by atoms with Gasteiger partial charge in [-0.25, -0.2) is 9.97 Å². The average Bonchev–Trinajstić information content (AvgIpc) is 2.69. The highest BCUT2D eigenvalue weighted by Gasteiger charge is 2.15. The van der Waals surface area contributed by atoms with Gasteiger partial charge in [0, 0.05) is 19.7 Å². The van der Waals surface area contributed by atoms with Crippen molar-refractivity contribution < 1.29 is 9.53 Å². The second kappa shape index (κ2) is 8.99. The monoisotopic (exact) mass is 376 g/mol. The summed E-state index contributed by atoms with van der Waals surface area (Å²) in [5, 5.41) is 3.21. The smallest absolute Gasteiger partial charge is 0.272 e. The van der Waals surface area contributed by atoms with Gasteiger partial charge < -0.3 is 15.0 Å². The summed E-state index contributed by atoms with van der Waals surface area (Å²) >= 11 is 0. The van der Waals surface area contributed by atoms with Crippen molar-refractivity contribution in [1.82, 2.24) is 14.9 Å². The highest BCUT2D eigenvalue weighted by Crippen LogP contribution is 2.27. The maximum absolute atomic E-state index is 12.7. The van der Waals surface area contributed by atoms with Gasteiger partial charge in [0.1, 0.15) is 23.6 Å². The van der Waals surface area contributed by atoms with E-state index in [2.05, 4.69) is 15.3 Å². The average molecular weight is 376 g/mol. The number of para-hydroxylation sites is 2. The Labute approximate surface area is 165 Å². The summed E-state index contributed by atoms with van der Waals surface area (Å²) in [6, 6.07) is 19.1. The Morgan fingerprint density at radius 1 is 1.07 bits per heavy atom. The molecule has 2 aromatic carbocycles. The third-order valence-corrected chi connectivity index (χ3v) is 4.01. The molecule has 0 atom stereocenters. The van der Waals surface area contributed by atoms with E-state index in [9.17, 15) is 4.79 Å². The summed E-state index contributed by atoms with van der Waals surface area (Å²) in [6.45, 7) is 4.46. The summed E-state index contributed by atoms with van der Waals surface area (Å²) < 4.78 is 5.82. The van der Waals surface area contributed by atoms with E-state index in [4.69, 9.17) is 4.74 Å². The van der Waals surface area contributed by atoms with Crippen LogP contribution in [0.15, 0.2) is 67.0 Å². The predicted octanol–water partition coefficient (Wildman–Crippen LogP) is 4.28. The number of benzene rings is 2. The molecule has 0 aliphatic carbocycles. The summed E-state index contributed by atoms with van der Waals surface area (Å²) in [4.78, 5) is 22.8. The van der Waals surface area contributed by atoms with Crippen LogP contribution in [-0.2, 0) is 6.54 Å². The van der Waals surface area contributed by atoms with Crippen LogP contribution in [0, 0.1) is 0 Å². The fraction of sp³-hybridized carbons (Fsp3) is 0.227. The molecule has 0 fully saturated rings. The minimum absolute atomic E-state index is 0.0529. The zero-order chi connectivity index (χ0) is 19.9. The molecular formula is C22H24N4O2. The third kappa shape index (κ3) is 5.07. The molecule has 6 heteroatoms. The van der Waals surface area contributed by atoms with Gasteiger partial charge in [0.15, 0.2) is 0 Å². The van der Waals surface area contributed by atoms with Crippen LogP contribution in [-0.4, -0.2) is 33.9 Å². The lowest BCUT2D eigenvalue weighted by Gasteiger charge is -2.17. The second-order valence-electron chi connectivity index (χ2n) is 6.72. The number of nitrogens with one attached hydrogen (secondary N) is 1. The van der Waals surface area contributed by atoms with Crippen molar-refractivity contribution >= 4 is 17.4 Å². The molecule has 3 rings (SSSR count). The van der Waals surface area contributed by atoms with E-state index < -0.39 is 0 Å². The van der Waals surface area contributed by atoms with Crippen molar-refractivity contribution in [2.24, 2.45) is 0 Å². The summed E-state index contributed by atoms with van der Waals surface area (Å²) in [5.41, 5.74) is 2.18. The molecule has 6 nitrogen and oxygen atoms in total. The first kappa shape index (κ1) is 19.4. The SMILES string of the molecule is CC(C)Oc1ccccc1Nc1cc(C(=O)N(C)Cc2ccccc2)ncn1. The van der Waals surface area contributed by atoms with Gasteiger partial charge >= 0.3 is 0 Å². The number of ether oxygens (including phenoxy) is 1. The molecule has 0 radical (unpaired) electrons. The highest BCUT2D eigenvalue weighted by atomic mass is 16.5. The van der Waals surface area contributed by atoms with E-state index in [0.29, 0.717) is 18.1 Å². The standard InChI is InChI=1S/C22H24N4O2/c1-16(2)28-20-12-8-7-11-18(20)25-21-13-19(23-15-24-21)22(27)26(3)14-17-9-5-4-6-10-17/h4-13,15-16H,14H2,1-3H3,(H,23,24,25). The Balaban J connectivity index is 1.74. The fourth-order valence-corrected chi connectivity index (χ4v) is 2.73. The number of aromatic nitrogens is 2. The van der Waals surface area contributed by atoms with Gasteiger partial charge in [-0.05, 0) is 31.5 Å². The topological polar surface area (TPSA) is 67.3 Å². The number of hydrogen-bond donors (Lipinski definition) is 1. The van der Waals surface area contributed by atoms with Crippen molar-refractivity contribution in [3.63, 3.8) is 0 Å². The summed E-state index contributed by atoms with van der Waals surface area (Å²) in [5.74, 6) is 1.09. The summed E-state index contributed by atoms with van der Waals surface area (Å²) in [7, 11) is 1.76. The largest absolute Gasteiger partial charge is 0.489 e. The predicted molar refractivity (Wildman–Crippen MR) is 110 cm³/mol. The van der Waals surface area contributed by atoms with Crippen molar-refractivity contribution in [2.45, 2.75) is 26.5 Å². The maximum atomic E-state index is 12.7. The van der Waals surface area contributed by atoms with E-state index in [1.54, 1.807) is 18.0 Å². The van der Waals surface area contributed by atoms with Crippen molar-refractivity contribution in [2.75, 3.05) is 12.4 Å². The van der Waals surface area contributed by atoms with Crippen LogP contribution in [0.25, 0.3) is 0 Å². The van der Waals surface area contributed by atoms with Gasteiger partial charge in [0.2, 0.25) is 0 Å². The number of rotatable bonds is 7. The third-order valence-electron chi connectivity index (χ3n) is 4.01. The number of nitrogens with zero attached hydrogens (tertiary/aromatic N) is 3. The molecule has 144 valence electrons. The first-order chi connectivity index (χ1) is 13.5. The Morgan fingerprint density at radius 3 is 2.54 bits per heavy atom. The van der Waals surface area contributed by atoms with Crippen LogP contribution >= 0.6 is 0 Å². The molecule has 28 heavy (non-hydrogen) atoms. The van der Waals surface area contributed by atoms with Gasteiger partial charge in [0.25, 0.3) is 5.91 Å². The molecule has 0 aliphatic heterocycles. The normalized spacial score (nSPS) is 10.6. The Bertz CT molecular complexity index is 929. The van der Waals surface area contributed by atoms with E-state index in [0.717, 1.165) is 17.0 Å². The van der Waals surface area contributed by atoms with Crippen LogP contribution < -0.4 is 10.1 Å². The number of anilines is 2. The quantitative estimate of drug-likeness (QED) is 0.667. The Hall–Kier alpha value is -3.41. The summed E-state index contributed by atoms with van der Waals surface area (Å²) in [6.07, 6.45) is 1.44. The van der Waals surface area contributed by atoms with Crippen LogP contribution in [0.2, 0.25) is 0 Å². The van der Waals surface area contributed by atoms with Gasteiger partial charge in [0.05, 0.1) is 11.8 Å². The van der Waals surface area contributed by atoms with Gasteiger partial charge in [-0.3, -0.25) is 4.79 Å². The van der Waals surface area contributed by atoms with Crippen LogP contribution in [0.1, 0.15) is 29.9 Å². The molecule has 3 aromatic rings. The first-order valence-electron chi connectivity index (χ1n) is 9.17. The number of carbonyl (C=O) groups is 1. The molecule has 1 aromatic heterocycles. The van der Waals surface area contributed by atoms with Gasteiger partial charge in [-0.2, -0.15) is 0 Å². The zero-order valence-electron chi connectivity index (χ0n) is 16.3. The Morgan fingerprint density at radius 2 is 1.79 bits per heavy atom. The number of hydrogen-bond acceptors (Lipinski definition) is 5. The molecule has 0 saturated carbocycles. The minimum atomic E-state index is -0.166. The van der Waals surface area contributed by atoms with E-state index >= 15 is 0 Å². The van der Waals surface area contributed by atoms with Crippen molar-refractivity contribution in [3.05, 3.63) is 78.2 Å². The minimum Gasteiger partial charge on any atom is -0.489 e. The molecule has 0 bridgehead atoms. The lowest BCUT2D eigenvalue weighted by molar-refractivity contribution is 0.0779. The lowest BCUT2D eigenvalue weighted by Crippen LogP contribution is -2.27.